The summed E-state index contributed by atoms with van der Waals surface area (Å²) in [5, 5.41) is 3.00. The molecule has 2 aliphatic rings. The SMILES string of the molecule is O=C(CCc1ccc2c(c1)CN(C(=O)C1CC1)CCO2)NCCc1ccccc1. The van der Waals surface area contributed by atoms with E-state index in [-0.39, 0.29) is 17.7 Å². The Labute approximate surface area is 172 Å². The van der Waals surface area contributed by atoms with E-state index in [4.69, 9.17) is 4.74 Å². The van der Waals surface area contributed by atoms with E-state index in [9.17, 15) is 9.59 Å². The maximum absolute atomic E-state index is 12.4. The number of benzene rings is 2. The second-order valence-corrected chi connectivity index (χ2v) is 7.91. The van der Waals surface area contributed by atoms with Crippen molar-refractivity contribution in [2.75, 3.05) is 19.7 Å². The van der Waals surface area contributed by atoms with Crippen molar-refractivity contribution in [1.82, 2.24) is 10.2 Å². The van der Waals surface area contributed by atoms with Gasteiger partial charge < -0.3 is 15.0 Å². The van der Waals surface area contributed by atoms with Gasteiger partial charge in [0.1, 0.15) is 12.4 Å². The van der Waals surface area contributed by atoms with Gasteiger partial charge in [0, 0.05) is 31.0 Å². The second-order valence-electron chi connectivity index (χ2n) is 7.91. The zero-order valence-electron chi connectivity index (χ0n) is 16.7. The number of rotatable bonds is 7. The molecule has 0 bridgehead atoms. The van der Waals surface area contributed by atoms with E-state index in [0.717, 1.165) is 36.1 Å². The first-order valence-electron chi connectivity index (χ1n) is 10.5. The summed E-state index contributed by atoms with van der Waals surface area (Å²) >= 11 is 0. The van der Waals surface area contributed by atoms with Gasteiger partial charge in [-0.25, -0.2) is 0 Å². The molecule has 1 heterocycles. The number of fused-ring (bicyclic) bond motifs is 1. The fourth-order valence-corrected chi connectivity index (χ4v) is 3.72. The largest absolute Gasteiger partial charge is 0.491 e. The van der Waals surface area contributed by atoms with Crippen LogP contribution in [0.5, 0.6) is 5.75 Å². The summed E-state index contributed by atoms with van der Waals surface area (Å²) < 4.78 is 5.83. The number of hydrogen-bond donors (Lipinski definition) is 1. The molecule has 1 aliphatic carbocycles. The standard InChI is InChI=1S/C24H28N2O3/c27-23(25-13-12-18-4-2-1-3-5-18)11-7-19-6-10-22-21(16-19)17-26(14-15-29-22)24(28)20-8-9-20/h1-6,10,16,20H,7-9,11-15,17H2,(H,25,27). The molecule has 152 valence electrons. The molecule has 0 atom stereocenters. The normalized spacial score (nSPS) is 15.8. The van der Waals surface area contributed by atoms with Gasteiger partial charge in [0.15, 0.2) is 0 Å². The van der Waals surface area contributed by atoms with Crippen molar-refractivity contribution in [1.29, 1.82) is 0 Å². The lowest BCUT2D eigenvalue weighted by molar-refractivity contribution is -0.133. The molecule has 29 heavy (non-hydrogen) atoms. The lowest BCUT2D eigenvalue weighted by Gasteiger charge is -2.19. The van der Waals surface area contributed by atoms with Gasteiger partial charge in [0.2, 0.25) is 11.8 Å². The molecule has 0 radical (unpaired) electrons. The highest BCUT2D eigenvalue weighted by Crippen LogP contribution is 2.33. The van der Waals surface area contributed by atoms with E-state index < -0.39 is 0 Å². The highest BCUT2D eigenvalue weighted by atomic mass is 16.5. The third-order valence-corrected chi connectivity index (χ3v) is 5.56. The molecule has 2 aromatic carbocycles. The number of nitrogens with one attached hydrogen (secondary N) is 1. The van der Waals surface area contributed by atoms with Gasteiger partial charge in [0.25, 0.3) is 0 Å². The molecule has 2 amide bonds. The average Bonchev–Trinajstić information content (AvgIpc) is 3.59. The monoisotopic (exact) mass is 392 g/mol. The highest BCUT2D eigenvalue weighted by Gasteiger charge is 2.34. The minimum Gasteiger partial charge on any atom is -0.491 e. The second kappa shape index (κ2) is 9.12. The van der Waals surface area contributed by atoms with E-state index in [1.54, 1.807) is 0 Å². The van der Waals surface area contributed by atoms with Crippen molar-refractivity contribution in [3.8, 4) is 5.75 Å². The number of carbonyl (C=O) groups excluding carboxylic acids is 2. The summed E-state index contributed by atoms with van der Waals surface area (Å²) in [5.41, 5.74) is 3.37. The van der Waals surface area contributed by atoms with Gasteiger partial charge in [-0.05, 0) is 42.9 Å². The van der Waals surface area contributed by atoms with Crippen LogP contribution in [0.25, 0.3) is 0 Å². The van der Waals surface area contributed by atoms with Crippen LogP contribution in [0.15, 0.2) is 48.5 Å². The predicted octanol–water partition coefficient (Wildman–Crippen LogP) is 3.11. The summed E-state index contributed by atoms with van der Waals surface area (Å²) in [7, 11) is 0. The Morgan fingerprint density at radius 3 is 2.66 bits per heavy atom. The van der Waals surface area contributed by atoms with Crippen LogP contribution in [0, 0.1) is 5.92 Å². The van der Waals surface area contributed by atoms with E-state index in [0.29, 0.717) is 39.1 Å². The average molecular weight is 392 g/mol. The molecule has 0 aromatic heterocycles. The first kappa shape index (κ1) is 19.5. The molecule has 0 unspecified atom stereocenters. The van der Waals surface area contributed by atoms with Gasteiger partial charge in [-0.2, -0.15) is 0 Å². The van der Waals surface area contributed by atoms with E-state index in [1.165, 1.54) is 5.56 Å². The molecule has 0 spiro atoms. The van der Waals surface area contributed by atoms with Crippen LogP contribution in [-0.2, 0) is 29.0 Å². The number of carbonyl (C=O) groups is 2. The Morgan fingerprint density at radius 1 is 1.03 bits per heavy atom. The van der Waals surface area contributed by atoms with Crippen molar-refractivity contribution in [3.05, 3.63) is 65.2 Å². The predicted molar refractivity (Wildman–Crippen MR) is 112 cm³/mol. The molecule has 1 aliphatic heterocycles. The molecular formula is C24H28N2O3. The molecule has 2 aromatic rings. The first-order chi connectivity index (χ1) is 14.2. The third-order valence-electron chi connectivity index (χ3n) is 5.56. The van der Waals surface area contributed by atoms with Crippen LogP contribution in [0.1, 0.15) is 36.0 Å². The molecule has 4 rings (SSSR count). The number of ether oxygens (including phenoxy) is 1. The fraction of sp³-hybridized carbons (Fsp3) is 0.417. The third kappa shape index (κ3) is 5.37. The maximum Gasteiger partial charge on any atom is 0.226 e. The Morgan fingerprint density at radius 2 is 1.86 bits per heavy atom. The summed E-state index contributed by atoms with van der Waals surface area (Å²) in [4.78, 5) is 26.5. The number of amides is 2. The number of hydrogen-bond acceptors (Lipinski definition) is 3. The van der Waals surface area contributed by atoms with Gasteiger partial charge in [-0.15, -0.1) is 0 Å². The molecule has 1 saturated carbocycles. The zero-order chi connectivity index (χ0) is 20.1. The molecule has 1 fully saturated rings. The summed E-state index contributed by atoms with van der Waals surface area (Å²) in [6, 6.07) is 16.2. The van der Waals surface area contributed by atoms with Gasteiger partial charge in [0.05, 0.1) is 6.54 Å². The highest BCUT2D eigenvalue weighted by molar-refractivity contribution is 5.81. The van der Waals surface area contributed by atoms with Gasteiger partial charge in [-0.1, -0.05) is 42.5 Å². The molecule has 0 saturated heterocycles. The Balaban J connectivity index is 1.28. The zero-order valence-corrected chi connectivity index (χ0v) is 16.7. The van der Waals surface area contributed by atoms with Crippen LogP contribution in [0.2, 0.25) is 0 Å². The van der Waals surface area contributed by atoms with E-state index >= 15 is 0 Å². The van der Waals surface area contributed by atoms with Crippen molar-refractivity contribution in [3.63, 3.8) is 0 Å². The van der Waals surface area contributed by atoms with E-state index in [2.05, 4.69) is 23.5 Å². The van der Waals surface area contributed by atoms with Crippen molar-refractivity contribution >= 4 is 11.8 Å². The van der Waals surface area contributed by atoms with Crippen LogP contribution in [-0.4, -0.2) is 36.4 Å². The lowest BCUT2D eigenvalue weighted by atomic mass is 10.0. The minimum absolute atomic E-state index is 0.0673. The summed E-state index contributed by atoms with van der Waals surface area (Å²) in [6.07, 6.45) is 4.01. The van der Waals surface area contributed by atoms with Crippen molar-refractivity contribution < 1.29 is 14.3 Å². The number of aryl methyl sites for hydroxylation is 1. The fourth-order valence-electron chi connectivity index (χ4n) is 3.72. The smallest absolute Gasteiger partial charge is 0.226 e. The summed E-state index contributed by atoms with van der Waals surface area (Å²) in [6.45, 7) is 2.43. The van der Waals surface area contributed by atoms with Crippen LogP contribution in [0.3, 0.4) is 0 Å². The maximum atomic E-state index is 12.4. The topological polar surface area (TPSA) is 58.6 Å². The lowest BCUT2D eigenvalue weighted by Crippen LogP contribution is -2.33. The molecule has 1 N–H and O–H groups in total. The Bertz CT molecular complexity index is 862. The van der Waals surface area contributed by atoms with Gasteiger partial charge >= 0.3 is 0 Å². The molecular weight excluding hydrogens is 364 g/mol. The Kier molecular flexibility index (Phi) is 6.13. The van der Waals surface area contributed by atoms with E-state index in [1.807, 2.05) is 35.2 Å². The molecule has 5 heteroatoms. The van der Waals surface area contributed by atoms with Crippen LogP contribution < -0.4 is 10.1 Å². The van der Waals surface area contributed by atoms with Gasteiger partial charge in [-0.3, -0.25) is 9.59 Å². The van der Waals surface area contributed by atoms with Crippen molar-refractivity contribution in [2.45, 2.75) is 38.6 Å². The summed E-state index contributed by atoms with van der Waals surface area (Å²) in [5.74, 6) is 1.40. The van der Waals surface area contributed by atoms with Crippen LogP contribution >= 0.6 is 0 Å². The minimum atomic E-state index is 0.0673. The number of nitrogens with zero attached hydrogens (tertiary/aromatic N) is 1. The quantitative estimate of drug-likeness (QED) is 0.788. The van der Waals surface area contributed by atoms with Crippen LogP contribution in [0.4, 0.5) is 0 Å². The molecule has 5 nitrogen and oxygen atoms in total. The van der Waals surface area contributed by atoms with Crippen molar-refractivity contribution in [2.24, 2.45) is 5.92 Å². The Hall–Kier alpha value is -2.82. The first-order valence-corrected chi connectivity index (χ1v) is 10.5.